The number of nitrogens with zero attached hydrogens (tertiary/aromatic N) is 1. The van der Waals surface area contributed by atoms with Gasteiger partial charge in [-0.2, -0.15) is 0 Å². The van der Waals surface area contributed by atoms with Crippen LogP contribution in [0.2, 0.25) is 0 Å². The highest BCUT2D eigenvalue weighted by molar-refractivity contribution is 5.78. The molecule has 2 amide bonds. The number of ether oxygens (including phenoxy) is 1. The van der Waals surface area contributed by atoms with Gasteiger partial charge in [0.05, 0.1) is 39.3 Å². The first kappa shape index (κ1) is 19.9. The topological polar surface area (TPSA) is 63.1 Å². The van der Waals surface area contributed by atoms with Crippen molar-refractivity contribution < 1.29 is 19.2 Å². The number of hydrogen-bond donors (Lipinski definition) is 2. The Morgan fingerprint density at radius 2 is 1.64 bits per heavy atom. The van der Waals surface area contributed by atoms with Crippen LogP contribution in [0, 0.1) is 0 Å². The highest BCUT2D eigenvalue weighted by atomic mass is 16.5. The summed E-state index contributed by atoms with van der Waals surface area (Å²) in [6, 6.07) is 17.5. The zero-order valence-corrected chi connectivity index (χ0v) is 16.5. The van der Waals surface area contributed by atoms with E-state index in [-0.39, 0.29) is 17.9 Å². The van der Waals surface area contributed by atoms with Crippen molar-refractivity contribution in [3.63, 3.8) is 0 Å². The summed E-state index contributed by atoms with van der Waals surface area (Å²) in [6.45, 7) is 5.01. The standard InChI is InChI=1S/C22H27N3O3/c1-17(26)25-14-12-24(13-15-25)16-21(27)23-22(18-6-4-3-5-7-18)19-8-10-20(28-2)11-9-19/h3-11,22H,12-16H2,1-2H3,(H,23,27)/p+1/t22-/m0/s1. The zero-order chi connectivity index (χ0) is 19.9. The van der Waals surface area contributed by atoms with Gasteiger partial charge in [-0.05, 0) is 23.3 Å². The van der Waals surface area contributed by atoms with Crippen molar-refractivity contribution >= 4 is 11.8 Å². The first-order valence-corrected chi connectivity index (χ1v) is 9.64. The van der Waals surface area contributed by atoms with Crippen molar-refractivity contribution in [3.05, 3.63) is 65.7 Å². The van der Waals surface area contributed by atoms with Crippen LogP contribution in [0.5, 0.6) is 5.75 Å². The molecule has 0 aliphatic carbocycles. The van der Waals surface area contributed by atoms with E-state index in [9.17, 15) is 9.59 Å². The first-order chi connectivity index (χ1) is 13.6. The summed E-state index contributed by atoms with van der Waals surface area (Å²) in [4.78, 5) is 27.3. The lowest BCUT2D eigenvalue weighted by Gasteiger charge is -2.31. The SMILES string of the molecule is COc1ccc([C@@H](NC(=O)C[NH+]2CCN(C(C)=O)CC2)c2ccccc2)cc1. The van der Waals surface area contributed by atoms with Gasteiger partial charge in [0.1, 0.15) is 5.75 Å². The second-order valence-corrected chi connectivity index (χ2v) is 7.12. The van der Waals surface area contributed by atoms with Gasteiger partial charge in [-0.15, -0.1) is 0 Å². The quantitative estimate of drug-likeness (QED) is 0.771. The molecule has 2 aromatic carbocycles. The minimum atomic E-state index is -0.211. The number of hydrogen-bond acceptors (Lipinski definition) is 3. The second-order valence-electron chi connectivity index (χ2n) is 7.12. The van der Waals surface area contributed by atoms with Gasteiger partial charge in [0.25, 0.3) is 5.91 Å². The molecule has 2 aromatic rings. The molecular weight excluding hydrogens is 354 g/mol. The first-order valence-electron chi connectivity index (χ1n) is 9.64. The molecule has 0 bridgehead atoms. The van der Waals surface area contributed by atoms with E-state index >= 15 is 0 Å². The smallest absolute Gasteiger partial charge is 0.275 e. The normalized spacial score (nSPS) is 15.7. The van der Waals surface area contributed by atoms with Crippen LogP contribution in [-0.2, 0) is 9.59 Å². The third kappa shape index (κ3) is 5.10. The van der Waals surface area contributed by atoms with Crippen molar-refractivity contribution in [2.24, 2.45) is 0 Å². The number of rotatable bonds is 6. The summed E-state index contributed by atoms with van der Waals surface area (Å²) in [5.41, 5.74) is 2.05. The van der Waals surface area contributed by atoms with E-state index in [1.807, 2.05) is 59.5 Å². The van der Waals surface area contributed by atoms with E-state index in [4.69, 9.17) is 4.74 Å². The highest BCUT2D eigenvalue weighted by Crippen LogP contribution is 2.24. The molecule has 3 rings (SSSR count). The molecule has 1 aliphatic rings. The number of carbonyl (C=O) groups excluding carboxylic acids is 2. The molecule has 1 heterocycles. The number of quaternary nitrogens is 1. The van der Waals surface area contributed by atoms with E-state index in [1.54, 1.807) is 14.0 Å². The van der Waals surface area contributed by atoms with E-state index in [1.165, 1.54) is 4.90 Å². The van der Waals surface area contributed by atoms with Crippen LogP contribution in [0.25, 0.3) is 0 Å². The molecule has 1 saturated heterocycles. The highest BCUT2D eigenvalue weighted by Gasteiger charge is 2.25. The molecule has 0 saturated carbocycles. The molecule has 0 radical (unpaired) electrons. The number of carbonyl (C=O) groups is 2. The maximum absolute atomic E-state index is 12.8. The van der Waals surface area contributed by atoms with Crippen LogP contribution in [0.15, 0.2) is 54.6 Å². The summed E-state index contributed by atoms with van der Waals surface area (Å²) in [7, 11) is 1.64. The average Bonchev–Trinajstić information content (AvgIpc) is 2.73. The van der Waals surface area contributed by atoms with Crippen LogP contribution in [0.4, 0.5) is 0 Å². The van der Waals surface area contributed by atoms with Gasteiger partial charge in [0.15, 0.2) is 6.54 Å². The molecule has 0 unspecified atom stereocenters. The maximum atomic E-state index is 12.8. The predicted octanol–water partition coefficient (Wildman–Crippen LogP) is 0.648. The Hall–Kier alpha value is -2.86. The largest absolute Gasteiger partial charge is 0.497 e. The van der Waals surface area contributed by atoms with Gasteiger partial charge in [-0.3, -0.25) is 9.59 Å². The minimum Gasteiger partial charge on any atom is -0.497 e. The molecule has 148 valence electrons. The number of benzene rings is 2. The monoisotopic (exact) mass is 382 g/mol. The third-order valence-corrected chi connectivity index (χ3v) is 5.21. The Bertz CT molecular complexity index is 784. The van der Waals surface area contributed by atoms with Gasteiger partial charge in [0, 0.05) is 6.92 Å². The van der Waals surface area contributed by atoms with E-state index < -0.39 is 0 Å². The Morgan fingerprint density at radius 1 is 1.04 bits per heavy atom. The van der Waals surface area contributed by atoms with Crippen LogP contribution >= 0.6 is 0 Å². The van der Waals surface area contributed by atoms with Crippen LogP contribution < -0.4 is 15.0 Å². The zero-order valence-electron chi connectivity index (χ0n) is 16.5. The van der Waals surface area contributed by atoms with E-state index in [0.29, 0.717) is 19.6 Å². The fourth-order valence-electron chi connectivity index (χ4n) is 3.55. The lowest BCUT2D eigenvalue weighted by atomic mass is 9.98. The molecule has 1 fully saturated rings. The number of nitrogens with one attached hydrogen (secondary N) is 2. The second kappa shape index (κ2) is 9.37. The maximum Gasteiger partial charge on any atom is 0.275 e. The van der Waals surface area contributed by atoms with Crippen molar-refractivity contribution in [1.29, 1.82) is 0 Å². The van der Waals surface area contributed by atoms with E-state index in [0.717, 1.165) is 30.0 Å². The molecule has 0 spiro atoms. The van der Waals surface area contributed by atoms with Gasteiger partial charge in [0.2, 0.25) is 5.91 Å². The van der Waals surface area contributed by atoms with Crippen LogP contribution in [0.3, 0.4) is 0 Å². The minimum absolute atomic E-state index is 0.0101. The van der Waals surface area contributed by atoms with Gasteiger partial charge in [-0.1, -0.05) is 42.5 Å². The molecule has 1 aliphatic heterocycles. The van der Waals surface area contributed by atoms with Crippen LogP contribution in [0.1, 0.15) is 24.1 Å². The summed E-state index contributed by atoms with van der Waals surface area (Å²) < 4.78 is 5.24. The Labute approximate surface area is 166 Å². The molecule has 6 nitrogen and oxygen atoms in total. The Balaban J connectivity index is 1.67. The lowest BCUT2D eigenvalue weighted by Crippen LogP contribution is -3.15. The molecule has 6 heteroatoms. The third-order valence-electron chi connectivity index (χ3n) is 5.21. The fraction of sp³-hybridized carbons (Fsp3) is 0.364. The summed E-state index contributed by atoms with van der Waals surface area (Å²) in [6.07, 6.45) is 0. The van der Waals surface area contributed by atoms with Crippen molar-refractivity contribution in [1.82, 2.24) is 10.2 Å². The molecule has 0 aromatic heterocycles. The molecule has 28 heavy (non-hydrogen) atoms. The molecular formula is C22H28N3O3+. The van der Waals surface area contributed by atoms with Crippen molar-refractivity contribution in [2.75, 3.05) is 39.8 Å². The summed E-state index contributed by atoms with van der Waals surface area (Å²) in [5.74, 6) is 0.901. The van der Waals surface area contributed by atoms with Crippen molar-refractivity contribution in [3.8, 4) is 5.75 Å². The molecule has 2 N–H and O–H groups in total. The lowest BCUT2D eigenvalue weighted by molar-refractivity contribution is -0.896. The van der Waals surface area contributed by atoms with Gasteiger partial charge in [-0.25, -0.2) is 0 Å². The van der Waals surface area contributed by atoms with E-state index in [2.05, 4.69) is 5.32 Å². The number of piperazine rings is 1. The predicted molar refractivity (Wildman–Crippen MR) is 107 cm³/mol. The Morgan fingerprint density at radius 3 is 2.21 bits per heavy atom. The van der Waals surface area contributed by atoms with Crippen LogP contribution in [-0.4, -0.2) is 56.5 Å². The fourth-order valence-corrected chi connectivity index (χ4v) is 3.55. The van der Waals surface area contributed by atoms with Crippen molar-refractivity contribution in [2.45, 2.75) is 13.0 Å². The number of amides is 2. The van der Waals surface area contributed by atoms with Gasteiger partial charge < -0.3 is 19.9 Å². The number of methoxy groups -OCH3 is 1. The Kier molecular flexibility index (Phi) is 6.66. The summed E-state index contributed by atoms with van der Waals surface area (Å²) in [5, 5.41) is 3.19. The summed E-state index contributed by atoms with van der Waals surface area (Å²) >= 11 is 0. The average molecular weight is 382 g/mol. The molecule has 1 atom stereocenters. The van der Waals surface area contributed by atoms with Gasteiger partial charge >= 0.3 is 0 Å².